The topological polar surface area (TPSA) is 75.4 Å². The van der Waals surface area contributed by atoms with Gasteiger partial charge in [0.2, 0.25) is 5.91 Å². The molecular weight excluding hydrogens is 304 g/mol. The van der Waals surface area contributed by atoms with Gasteiger partial charge in [0.05, 0.1) is 5.69 Å². The highest BCUT2D eigenvalue weighted by Gasteiger charge is 2.23. The van der Waals surface area contributed by atoms with Crippen LogP contribution in [-0.4, -0.2) is 28.1 Å². The molecule has 2 aromatic rings. The summed E-state index contributed by atoms with van der Waals surface area (Å²) in [5.41, 5.74) is 1.45. The summed E-state index contributed by atoms with van der Waals surface area (Å²) in [6.07, 6.45) is 2.09. The fraction of sp³-hybridized carbons (Fsp3) is 0.474. The molecule has 2 rings (SSSR count). The second-order valence-corrected chi connectivity index (χ2v) is 6.32. The lowest BCUT2D eigenvalue weighted by molar-refractivity contribution is -0.123. The van der Waals surface area contributed by atoms with Crippen LogP contribution < -0.4 is 5.32 Å². The van der Waals surface area contributed by atoms with Gasteiger partial charge in [-0.15, -0.1) is 0 Å². The minimum absolute atomic E-state index is 0.0510. The monoisotopic (exact) mass is 330 g/mol. The van der Waals surface area contributed by atoms with E-state index in [2.05, 4.69) is 10.3 Å². The Kier molecular flexibility index (Phi) is 6.15. The highest BCUT2D eigenvalue weighted by Crippen LogP contribution is 2.24. The highest BCUT2D eigenvalue weighted by molar-refractivity contribution is 5.76. The summed E-state index contributed by atoms with van der Waals surface area (Å²) in [5, 5.41) is 12.1. The number of carbonyl (C=O) groups excluding carboxylic acids is 1. The van der Waals surface area contributed by atoms with Crippen molar-refractivity contribution >= 4 is 5.91 Å². The number of amides is 1. The van der Waals surface area contributed by atoms with Crippen LogP contribution >= 0.6 is 0 Å². The summed E-state index contributed by atoms with van der Waals surface area (Å²) in [4.78, 5) is 16.6. The molecule has 1 atom stereocenters. The third kappa shape index (κ3) is 4.68. The number of aliphatic hydroxyl groups excluding tert-OH is 1. The van der Waals surface area contributed by atoms with E-state index in [1.54, 1.807) is 0 Å². The Balaban J connectivity index is 1.97. The fourth-order valence-electron chi connectivity index (χ4n) is 2.61. The average Bonchev–Trinajstić information content (AvgIpc) is 2.95. The molecule has 0 radical (unpaired) electrons. The van der Waals surface area contributed by atoms with Crippen LogP contribution in [0.15, 0.2) is 34.7 Å². The van der Waals surface area contributed by atoms with Gasteiger partial charge < -0.3 is 14.8 Å². The Labute approximate surface area is 143 Å². The summed E-state index contributed by atoms with van der Waals surface area (Å²) in [7, 11) is 0. The maximum absolute atomic E-state index is 12.2. The third-order valence-corrected chi connectivity index (χ3v) is 4.33. The molecule has 0 saturated carbocycles. The Hall–Kier alpha value is -2.14. The van der Waals surface area contributed by atoms with Gasteiger partial charge in [-0.1, -0.05) is 37.3 Å². The maximum atomic E-state index is 12.2. The third-order valence-electron chi connectivity index (χ3n) is 4.33. The molecule has 5 heteroatoms. The normalized spacial score (nSPS) is 13.5. The van der Waals surface area contributed by atoms with Gasteiger partial charge in [-0.2, -0.15) is 0 Å². The van der Waals surface area contributed by atoms with Gasteiger partial charge in [0.25, 0.3) is 0 Å². The number of nitrogens with zero attached hydrogens (tertiary/aromatic N) is 1. The number of aliphatic hydroxyl groups is 1. The Morgan fingerprint density at radius 1 is 1.33 bits per heavy atom. The smallest absolute Gasteiger partial charge is 0.220 e. The predicted molar refractivity (Wildman–Crippen MR) is 93.5 cm³/mol. The Bertz CT molecular complexity index is 667. The first-order valence-electron chi connectivity index (χ1n) is 8.41. The summed E-state index contributed by atoms with van der Waals surface area (Å²) in [6.45, 7) is 5.91. The lowest BCUT2D eigenvalue weighted by Gasteiger charge is -2.28. The number of hydrogen-bond acceptors (Lipinski definition) is 4. The van der Waals surface area contributed by atoms with Gasteiger partial charge in [0.1, 0.15) is 0 Å². The zero-order valence-corrected chi connectivity index (χ0v) is 14.6. The summed E-state index contributed by atoms with van der Waals surface area (Å²) < 4.78 is 5.82. The Morgan fingerprint density at radius 2 is 2.04 bits per heavy atom. The van der Waals surface area contributed by atoms with Crippen LogP contribution in [0.3, 0.4) is 0 Å². The van der Waals surface area contributed by atoms with Crippen molar-refractivity contribution in [1.82, 2.24) is 10.3 Å². The van der Waals surface area contributed by atoms with Crippen molar-refractivity contribution in [1.29, 1.82) is 0 Å². The van der Waals surface area contributed by atoms with Crippen LogP contribution in [0.4, 0.5) is 0 Å². The van der Waals surface area contributed by atoms with Crippen LogP contribution in [0, 0.1) is 6.92 Å². The largest absolute Gasteiger partial charge is 0.440 e. The molecule has 130 valence electrons. The first kappa shape index (κ1) is 18.2. The first-order chi connectivity index (χ1) is 11.5. The predicted octanol–water partition coefficient (Wildman–Crippen LogP) is 3.25. The summed E-state index contributed by atoms with van der Waals surface area (Å²) >= 11 is 0. The van der Waals surface area contributed by atoms with E-state index < -0.39 is 0 Å². The van der Waals surface area contributed by atoms with Gasteiger partial charge >= 0.3 is 0 Å². The minimum atomic E-state index is -0.368. The molecule has 0 aliphatic heterocycles. The van der Waals surface area contributed by atoms with Crippen molar-refractivity contribution in [3.8, 4) is 11.3 Å². The molecule has 5 nitrogen and oxygen atoms in total. The van der Waals surface area contributed by atoms with E-state index in [1.165, 1.54) is 0 Å². The van der Waals surface area contributed by atoms with Crippen molar-refractivity contribution in [2.45, 2.75) is 52.0 Å². The molecule has 1 amide bonds. The number of hydrogen-bond donors (Lipinski definition) is 2. The van der Waals surface area contributed by atoms with Gasteiger partial charge in [-0.05, 0) is 26.7 Å². The molecule has 1 unspecified atom stereocenters. The second-order valence-electron chi connectivity index (χ2n) is 6.32. The number of rotatable bonds is 8. The standard InChI is InChI=1S/C19H26N2O3/c1-4-19(3,12-13-22)21-16(23)10-11-17-20-14(2)18(24-17)15-8-6-5-7-9-15/h5-9,22H,4,10-13H2,1-3H3,(H,21,23). The van der Waals surface area contributed by atoms with Crippen LogP contribution in [0.25, 0.3) is 11.3 Å². The van der Waals surface area contributed by atoms with Crippen molar-refractivity contribution in [3.05, 3.63) is 41.9 Å². The molecule has 0 saturated heterocycles. The number of carbonyl (C=O) groups is 1. The maximum Gasteiger partial charge on any atom is 0.220 e. The zero-order chi connectivity index (χ0) is 17.6. The van der Waals surface area contributed by atoms with Crippen molar-refractivity contribution in [3.63, 3.8) is 0 Å². The van der Waals surface area contributed by atoms with E-state index in [9.17, 15) is 4.79 Å². The lowest BCUT2D eigenvalue weighted by Crippen LogP contribution is -2.46. The number of oxazole rings is 1. The Morgan fingerprint density at radius 3 is 2.67 bits per heavy atom. The SMILES string of the molecule is CCC(C)(CCO)NC(=O)CCc1nc(C)c(-c2ccccc2)o1. The van der Waals surface area contributed by atoms with Crippen LogP contribution in [0.2, 0.25) is 0 Å². The van der Waals surface area contributed by atoms with Crippen molar-refractivity contribution < 1.29 is 14.3 Å². The number of benzene rings is 1. The highest BCUT2D eigenvalue weighted by atomic mass is 16.4. The minimum Gasteiger partial charge on any atom is -0.440 e. The molecule has 0 aliphatic carbocycles. The molecule has 0 aliphatic rings. The molecule has 2 N–H and O–H groups in total. The van der Waals surface area contributed by atoms with E-state index >= 15 is 0 Å². The number of nitrogens with one attached hydrogen (secondary N) is 1. The molecule has 1 aromatic carbocycles. The zero-order valence-electron chi connectivity index (χ0n) is 14.6. The molecule has 0 spiro atoms. The average molecular weight is 330 g/mol. The van der Waals surface area contributed by atoms with Crippen molar-refractivity contribution in [2.24, 2.45) is 0 Å². The second kappa shape index (κ2) is 8.11. The lowest BCUT2D eigenvalue weighted by atomic mass is 9.94. The molecular formula is C19H26N2O3. The molecule has 0 bridgehead atoms. The van der Waals surface area contributed by atoms with Crippen LogP contribution in [0.5, 0.6) is 0 Å². The fourth-order valence-corrected chi connectivity index (χ4v) is 2.61. The van der Waals surface area contributed by atoms with E-state index in [0.29, 0.717) is 25.2 Å². The van der Waals surface area contributed by atoms with E-state index in [-0.39, 0.29) is 18.1 Å². The van der Waals surface area contributed by atoms with Gasteiger partial charge in [0, 0.05) is 30.6 Å². The van der Waals surface area contributed by atoms with Gasteiger partial charge in [-0.25, -0.2) is 4.98 Å². The summed E-state index contributed by atoms with van der Waals surface area (Å²) in [5.74, 6) is 1.27. The number of aromatic nitrogens is 1. The molecule has 24 heavy (non-hydrogen) atoms. The molecule has 1 heterocycles. The van der Waals surface area contributed by atoms with Gasteiger partial charge in [0.15, 0.2) is 11.7 Å². The van der Waals surface area contributed by atoms with Gasteiger partial charge in [-0.3, -0.25) is 4.79 Å². The van der Waals surface area contributed by atoms with Crippen LogP contribution in [-0.2, 0) is 11.2 Å². The van der Waals surface area contributed by atoms with E-state index in [4.69, 9.17) is 9.52 Å². The molecule has 0 fully saturated rings. The first-order valence-corrected chi connectivity index (χ1v) is 8.41. The van der Waals surface area contributed by atoms with E-state index in [0.717, 1.165) is 23.4 Å². The van der Waals surface area contributed by atoms with E-state index in [1.807, 2.05) is 51.1 Å². The van der Waals surface area contributed by atoms with Crippen molar-refractivity contribution in [2.75, 3.05) is 6.61 Å². The summed E-state index contributed by atoms with van der Waals surface area (Å²) in [6, 6.07) is 9.82. The number of aryl methyl sites for hydroxylation is 2. The molecule has 1 aromatic heterocycles. The van der Waals surface area contributed by atoms with Crippen LogP contribution in [0.1, 0.15) is 44.7 Å². The quantitative estimate of drug-likeness (QED) is 0.779.